The van der Waals surface area contributed by atoms with Gasteiger partial charge in [0.25, 0.3) is 0 Å². The average molecular weight is 275 g/mol. The first-order valence-corrected chi connectivity index (χ1v) is 6.16. The molecule has 0 aliphatic heterocycles. The zero-order valence-electron chi connectivity index (χ0n) is 11.5. The number of carbonyl (C=O) groups excluding carboxylic acids is 1. The van der Waals surface area contributed by atoms with E-state index in [1.165, 1.54) is 7.11 Å². The maximum Gasteiger partial charge on any atom is 0.340 e. The molecular formula is C13H17N5O2. The zero-order valence-corrected chi connectivity index (χ0v) is 11.5. The van der Waals surface area contributed by atoms with E-state index in [4.69, 9.17) is 10.5 Å². The summed E-state index contributed by atoms with van der Waals surface area (Å²) in [6.45, 7) is 0.609. The minimum atomic E-state index is -0.421. The quantitative estimate of drug-likeness (QED) is 0.620. The van der Waals surface area contributed by atoms with Crippen molar-refractivity contribution in [3.8, 4) is 0 Å². The van der Waals surface area contributed by atoms with E-state index in [-0.39, 0.29) is 0 Å². The molecule has 0 bridgehead atoms. The van der Waals surface area contributed by atoms with Gasteiger partial charge in [0.15, 0.2) is 5.82 Å². The van der Waals surface area contributed by atoms with E-state index in [0.717, 1.165) is 5.82 Å². The van der Waals surface area contributed by atoms with Crippen molar-refractivity contribution in [1.82, 2.24) is 14.8 Å². The molecule has 7 nitrogen and oxygen atoms in total. The normalized spacial score (nSPS) is 10.3. The minimum Gasteiger partial charge on any atom is -0.465 e. The number of rotatable bonds is 5. The molecule has 0 fully saturated rings. The fourth-order valence-corrected chi connectivity index (χ4v) is 1.80. The van der Waals surface area contributed by atoms with Crippen molar-refractivity contribution in [2.45, 2.75) is 6.42 Å². The van der Waals surface area contributed by atoms with Gasteiger partial charge in [0.05, 0.1) is 12.7 Å². The smallest absolute Gasteiger partial charge is 0.340 e. The van der Waals surface area contributed by atoms with Gasteiger partial charge >= 0.3 is 5.97 Å². The molecule has 106 valence electrons. The maximum atomic E-state index is 11.7. The molecule has 1 aromatic heterocycles. The molecule has 0 aliphatic rings. The number of nitrogens with one attached hydrogen (secondary N) is 1. The Labute approximate surface area is 116 Å². The van der Waals surface area contributed by atoms with Crippen molar-refractivity contribution in [2.75, 3.05) is 24.7 Å². The maximum absolute atomic E-state index is 11.7. The first-order chi connectivity index (χ1) is 9.60. The highest BCUT2D eigenvalue weighted by Gasteiger charge is 2.12. The highest BCUT2D eigenvalue weighted by Crippen LogP contribution is 2.19. The van der Waals surface area contributed by atoms with Crippen LogP contribution in [0.2, 0.25) is 0 Å². The third-order valence-electron chi connectivity index (χ3n) is 2.76. The average Bonchev–Trinajstić information content (AvgIpc) is 2.85. The second kappa shape index (κ2) is 6.05. The number of aryl methyl sites for hydroxylation is 1. The lowest BCUT2D eigenvalue weighted by atomic mass is 10.1. The van der Waals surface area contributed by atoms with Crippen molar-refractivity contribution in [1.29, 1.82) is 0 Å². The Morgan fingerprint density at radius 2 is 2.30 bits per heavy atom. The number of esters is 1. The standard InChI is InChI=1S/C13H17N5O2/c1-18-8-16-12(17-18)5-6-15-11-4-3-9(14)7-10(11)13(19)20-2/h3-4,7-8,15H,5-6,14H2,1-2H3. The van der Waals surface area contributed by atoms with Crippen molar-refractivity contribution in [3.05, 3.63) is 35.9 Å². The van der Waals surface area contributed by atoms with Gasteiger partial charge in [-0.3, -0.25) is 4.68 Å². The largest absolute Gasteiger partial charge is 0.465 e. The van der Waals surface area contributed by atoms with Crippen LogP contribution in [-0.4, -0.2) is 34.4 Å². The lowest BCUT2D eigenvalue weighted by Crippen LogP contribution is -2.12. The van der Waals surface area contributed by atoms with Crippen molar-refractivity contribution in [2.24, 2.45) is 7.05 Å². The molecule has 3 N–H and O–H groups in total. The van der Waals surface area contributed by atoms with Gasteiger partial charge in [-0.2, -0.15) is 5.10 Å². The predicted molar refractivity (Wildman–Crippen MR) is 75.4 cm³/mol. The van der Waals surface area contributed by atoms with E-state index in [9.17, 15) is 4.79 Å². The monoisotopic (exact) mass is 275 g/mol. The summed E-state index contributed by atoms with van der Waals surface area (Å²) >= 11 is 0. The number of aromatic nitrogens is 3. The molecule has 0 spiro atoms. The van der Waals surface area contributed by atoms with Crippen LogP contribution < -0.4 is 11.1 Å². The van der Waals surface area contributed by atoms with Crippen LogP contribution in [0, 0.1) is 0 Å². The molecule has 0 saturated heterocycles. The zero-order chi connectivity index (χ0) is 14.5. The molecule has 2 aromatic rings. The summed E-state index contributed by atoms with van der Waals surface area (Å²) < 4.78 is 6.39. The first-order valence-electron chi connectivity index (χ1n) is 6.16. The summed E-state index contributed by atoms with van der Waals surface area (Å²) in [4.78, 5) is 15.8. The van der Waals surface area contributed by atoms with Crippen LogP contribution in [-0.2, 0) is 18.2 Å². The fourth-order valence-electron chi connectivity index (χ4n) is 1.80. The number of benzene rings is 1. The molecule has 0 saturated carbocycles. The molecule has 0 unspecified atom stereocenters. The van der Waals surface area contributed by atoms with Crippen LogP contribution in [0.25, 0.3) is 0 Å². The third-order valence-corrected chi connectivity index (χ3v) is 2.76. The topological polar surface area (TPSA) is 95.1 Å². The Kier molecular flexibility index (Phi) is 4.19. The van der Waals surface area contributed by atoms with Crippen LogP contribution in [0.5, 0.6) is 0 Å². The van der Waals surface area contributed by atoms with E-state index >= 15 is 0 Å². The highest BCUT2D eigenvalue weighted by molar-refractivity contribution is 5.96. The Morgan fingerprint density at radius 3 is 2.95 bits per heavy atom. The van der Waals surface area contributed by atoms with Gasteiger partial charge in [0.2, 0.25) is 0 Å². The number of methoxy groups -OCH3 is 1. The number of nitrogens with zero attached hydrogens (tertiary/aromatic N) is 3. The number of anilines is 2. The molecule has 0 amide bonds. The van der Waals surface area contributed by atoms with Crippen molar-refractivity contribution in [3.63, 3.8) is 0 Å². The number of hydrogen-bond acceptors (Lipinski definition) is 6. The second-order valence-electron chi connectivity index (χ2n) is 4.31. The molecule has 20 heavy (non-hydrogen) atoms. The summed E-state index contributed by atoms with van der Waals surface area (Å²) in [6.07, 6.45) is 2.31. The molecule has 1 aromatic carbocycles. The molecule has 0 radical (unpaired) electrons. The van der Waals surface area contributed by atoms with Gasteiger partial charge in [0.1, 0.15) is 6.33 Å². The number of carbonyl (C=O) groups is 1. The van der Waals surface area contributed by atoms with E-state index in [1.54, 1.807) is 29.2 Å². The number of nitrogen functional groups attached to an aromatic ring is 1. The predicted octanol–water partition coefficient (Wildman–Crippen LogP) is 0.838. The van der Waals surface area contributed by atoms with Gasteiger partial charge in [0, 0.05) is 31.4 Å². The van der Waals surface area contributed by atoms with Gasteiger partial charge < -0.3 is 15.8 Å². The van der Waals surface area contributed by atoms with Gasteiger partial charge in [-0.05, 0) is 18.2 Å². The number of ether oxygens (including phenoxy) is 1. The third kappa shape index (κ3) is 3.25. The number of hydrogen-bond donors (Lipinski definition) is 2. The molecule has 1 heterocycles. The second-order valence-corrected chi connectivity index (χ2v) is 4.31. The Balaban J connectivity index is 2.03. The summed E-state index contributed by atoms with van der Waals surface area (Å²) in [6, 6.07) is 5.08. The number of nitrogens with two attached hydrogens (primary N) is 1. The molecule has 0 aliphatic carbocycles. The summed E-state index contributed by atoms with van der Waals surface area (Å²) in [5.74, 6) is 0.325. The lowest BCUT2D eigenvalue weighted by molar-refractivity contribution is 0.0602. The molecule has 7 heteroatoms. The van der Waals surface area contributed by atoms with E-state index in [1.807, 2.05) is 7.05 Å². The van der Waals surface area contributed by atoms with E-state index in [2.05, 4.69) is 15.4 Å². The summed E-state index contributed by atoms with van der Waals surface area (Å²) in [5, 5.41) is 7.35. The SMILES string of the molecule is COC(=O)c1cc(N)ccc1NCCc1ncn(C)n1. The van der Waals surface area contributed by atoms with Crippen LogP contribution in [0.15, 0.2) is 24.5 Å². The van der Waals surface area contributed by atoms with Crippen molar-refractivity contribution < 1.29 is 9.53 Å². The van der Waals surface area contributed by atoms with Crippen LogP contribution in [0.1, 0.15) is 16.2 Å². The van der Waals surface area contributed by atoms with E-state index in [0.29, 0.717) is 29.9 Å². The Bertz CT molecular complexity index is 609. The van der Waals surface area contributed by atoms with E-state index < -0.39 is 5.97 Å². The van der Waals surface area contributed by atoms with Crippen LogP contribution >= 0.6 is 0 Å². The van der Waals surface area contributed by atoms with Gasteiger partial charge in [-0.25, -0.2) is 9.78 Å². The van der Waals surface area contributed by atoms with Crippen molar-refractivity contribution >= 4 is 17.3 Å². The Morgan fingerprint density at radius 1 is 1.50 bits per heavy atom. The Hall–Kier alpha value is -2.57. The summed E-state index contributed by atoms with van der Waals surface area (Å²) in [5.41, 5.74) is 7.30. The van der Waals surface area contributed by atoms with Gasteiger partial charge in [-0.15, -0.1) is 0 Å². The molecule has 2 rings (SSSR count). The highest BCUT2D eigenvalue weighted by atomic mass is 16.5. The van der Waals surface area contributed by atoms with Gasteiger partial charge in [-0.1, -0.05) is 0 Å². The van der Waals surface area contributed by atoms with Crippen LogP contribution in [0.4, 0.5) is 11.4 Å². The minimum absolute atomic E-state index is 0.418. The molecule has 0 atom stereocenters. The fraction of sp³-hybridized carbons (Fsp3) is 0.308. The van der Waals surface area contributed by atoms with Crippen LogP contribution in [0.3, 0.4) is 0 Å². The lowest BCUT2D eigenvalue weighted by Gasteiger charge is -2.10. The first kappa shape index (κ1) is 13.9. The summed E-state index contributed by atoms with van der Waals surface area (Å²) in [7, 11) is 3.16. The molecular weight excluding hydrogens is 258 g/mol.